The maximum absolute atomic E-state index is 11.6. The first-order valence-electron chi connectivity index (χ1n) is 6.13. The van der Waals surface area contributed by atoms with E-state index in [2.05, 4.69) is 10.3 Å². The number of hydrogen-bond donors (Lipinski definition) is 2. The Morgan fingerprint density at radius 1 is 1.33 bits per heavy atom. The van der Waals surface area contributed by atoms with Gasteiger partial charge in [-0.25, -0.2) is 23.0 Å². The van der Waals surface area contributed by atoms with E-state index in [9.17, 15) is 13.2 Å². The molecule has 0 radical (unpaired) electrons. The fourth-order valence-corrected chi connectivity index (χ4v) is 3.30. The van der Waals surface area contributed by atoms with Crippen molar-refractivity contribution in [1.29, 1.82) is 0 Å². The second kappa shape index (κ2) is 4.37. The third kappa shape index (κ3) is 2.10. The van der Waals surface area contributed by atoms with E-state index in [1.165, 1.54) is 16.9 Å². The van der Waals surface area contributed by atoms with Crippen LogP contribution in [0.1, 0.15) is 28.9 Å². The third-order valence-corrected chi connectivity index (χ3v) is 5.30. The zero-order valence-electron chi connectivity index (χ0n) is 10.8. The lowest BCUT2D eigenvalue weighted by atomic mass is 10.2. The van der Waals surface area contributed by atoms with Gasteiger partial charge in [0.25, 0.3) is 0 Å². The molecule has 3 N–H and O–H groups in total. The highest BCUT2D eigenvalue weighted by molar-refractivity contribution is 7.90. The molecule has 21 heavy (non-hydrogen) atoms. The molecule has 1 aromatic carbocycles. The molecule has 9 heteroatoms. The molecule has 0 unspecified atom stereocenters. The molecule has 0 aliphatic heterocycles. The number of hydrogen-bond acceptors (Lipinski definition) is 5. The molecule has 8 nitrogen and oxygen atoms in total. The number of aromatic carboxylic acids is 1. The van der Waals surface area contributed by atoms with Crippen molar-refractivity contribution >= 4 is 16.0 Å². The third-order valence-electron chi connectivity index (χ3n) is 3.59. The lowest BCUT2D eigenvalue weighted by Gasteiger charge is -2.08. The molecule has 1 saturated carbocycles. The van der Waals surface area contributed by atoms with E-state index in [-0.39, 0.29) is 11.3 Å². The van der Waals surface area contributed by atoms with Crippen LogP contribution >= 0.6 is 0 Å². The lowest BCUT2D eigenvalue weighted by molar-refractivity contribution is 0.0696. The van der Waals surface area contributed by atoms with Crippen LogP contribution < -0.4 is 5.14 Å². The summed E-state index contributed by atoms with van der Waals surface area (Å²) in [7, 11) is -3.77. The fraction of sp³-hybridized carbons (Fsp3) is 0.250. The zero-order valence-corrected chi connectivity index (χ0v) is 11.6. The van der Waals surface area contributed by atoms with E-state index in [0.717, 1.165) is 0 Å². The summed E-state index contributed by atoms with van der Waals surface area (Å²) in [6, 6.07) is 6.26. The number of nitrogens with two attached hydrogens (primary N) is 1. The van der Waals surface area contributed by atoms with Gasteiger partial charge in [0.05, 0.1) is 17.4 Å². The minimum Gasteiger partial charge on any atom is -0.478 e. The van der Waals surface area contributed by atoms with Gasteiger partial charge < -0.3 is 5.11 Å². The van der Waals surface area contributed by atoms with Gasteiger partial charge in [0, 0.05) is 0 Å². The Hall–Kier alpha value is -2.26. The van der Waals surface area contributed by atoms with Crippen LogP contribution in [0.3, 0.4) is 0 Å². The molecular formula is C12H12N4O4S. The van der Waals surface area contributed by atoms with Crippen LogP contribution in [0.25, 0.3) is 5.69 Å². The number of carboxylic acids is 1. The summed E-state index contributed by atoms with van der Waals surface area (Å²) in [5, 5.41) is 22.1. The van der Waals surface area contributed by atoms with E-state index >= 15 is 0 Å². The highest BCUT2D eigenvalue weighted by Crippen LogP contribution is 2.50. The van der Waals surface area contributed by atoms with Crippen molar-refractivity contribution in [3.8, 4) is 5.69 Å². The maximum Gasteiger partial charge on any atom is 0.337 e. The zero-order chi connectivity index (χ0) is 15.3. The van der Waals surface area contributed by atoms with Crippen molar-refractivity contribution in [3.05, 3.63) is 41.7 Å². The van der Waals surface area contributed by atoms with E-state index < -0.39 is 20.7 Å². The molecular weight excluding hydrogens is 296 g/mol. The van der Waals surface area contributed by atoms with E-state index in [1.54, 1.807) is 18.2 Å². The molecule has 2 aromatic rings. The largest absolute Gasteiger partial charge is 0.478 e. The standard InChI is InChI=1S/C12H12N4O4S/c13-21(19,20)12(5-6-12)10-7-16(15-14-10)9-4-2-1-3-8(9)11(17)18/h1-4,7H,5-6H2,(H,17,18)(H2,13,19,20). The first-order valence-corrected chi connectivity index (χ1v) is 7.68. The number of para-hydroxylation sites is 1. The molecule has 1 aliphatic carbocycles. The average Bonchev–Trinajstić information content (AvgIpc) is 3.11. The minimum absolute atomic E-state index is 0.0504. The van der Waals surface area contributed by atoms with Crippen molar-refractivity contribution in [2.75, 3.05) is 0 Å². The summed E-state index contributed by atoms with van der Waals surface area (Å²) >= 11 is 0. The highest BCUT2D eigenvalue weighted by atomic mass is 32.2. The van der Waals surface area contributed by atoms with Crippen molar-refractivity contribution in [3.63, 3.8) is 0 Å². The molecule has 0 amide bonds. The normalized spacial score (nSPS) is 16.6. The van der Waals surface area contributed by atoms with Crippen molar-refractivity contribution in [2.24, 2.45) is 5.14 Å². The van der Waals surface area contributed by atoms with Crippen LogP contribution in [0.15, 0.2) is 30.5 Å². The van der Waals surface area contributed by atoms with E-state index in [1.807, 2.05) is 0 Å². The van der Waals surface area contributed by atoms with Gasteiger partial charge in [-0.2, -0.15) is 0 Å². The first-order chi connectivity index (χ1) is 9.85. The van der Waals surface area contributed by atoms with Crippen molar-refractivity contribution in [2.45, 2.75) is 17.6 Å². The summed E-state index contributed by atoms with van der Waals surface area (Å²) in [4.78, 5) is 11.2. The Kier molecular flexibility index (Phi) is 2.85. The smallest absolute Gasteiger partial charge is 0.337 e. The van der Waals surface area contributed by atoms with E-state index in [4.69, 9.17) is 10.2 Å². The van der Waals surface area contributed by atoms with Gasteiger partial charge in [-0.3, -0.25) is 0 Å². The predicted octanol–water partition coefficient (Wildman–Crippen LogP) is 0.243. The fourth-order valence-electron chi connectivity index (χ4n) is 2.24. The molecule has 0 spiro atoms. The number of nitrogens with zero attached hydrogens (tertiary/aromatic N) is 3. The van der Waals surface area contributed by atoms with Crippen LogP contribution in [0.4, 0.5) is 0 Å². The summed E-state index contributed by atoms with van der Waals surface area (Å²) in [5.74, 6) is -1.10. The molecule has 0 atom stereocenters. The molecule has 1 heterocycles. The number of primary sulfonamides is 1. The topological polar surface area (TPSA) is 128 Å². The molecule has 110 valence electrons. The number of aromatic nitrogens is 3. The molecule has 1 aliphatic rings. The monoisotopic (exact) mass is 308 g/mol. The number of carboxylic acid groups (broad SMARTS) is 1. The average molecular weight is 308 g/mol. The Bertz CT molecular complexity index is 823. The molecule has 1 fully saturated rings. The summed E-state index contributed by atoms with van der Waals surface area (Å²) in [6.45, 7) is 0. The van der Waals surface area contributed by atoms with Crippen LogP contribution in [0.5, 0.6) is 0 Å². The predicted molar refractivity (Wildman–Crippen MR) is 72.3 cm³/mol. The van der Waals surface area contributed by atoms with Gasteiger partial charge in [0.15, 0.2) is 0 Å². The van der Waals surface area contributed by atoms with Gasteiger partial charge in [-0.05, 0) is 25.0 Å². The van der Waals surface area contributed by atoms with Crippen LogP contribution in [-0.2, 0) is 14.8 Å². The number of sulfonamides is 1. The van der Waals surface area contributed by atoms with Gasteiger partial charge >= 0.3 is 5.97 Å². The Morgan fingerprint density at radius 3 is 2.57 bits per heavy atom. The van der Waals surface area contributed by atoms with Crippen molar-refractivity contribution in [1.82, 2.24) is 15.0 Å². The Morgan fingerprint density at radius 2 is 2.00 bits per heavy atom. The second-order valence-corrected chi connectivity index (χ2v) is 6.78. The molecule has 3 rings (SSSR count). The summed E-state index contributed by atoms with van der Waals surface area (Å²) in [5.41, 5.74) is 0.605. The molecule has 0 saturated heterocycles. The second-order valence-electron chi connectivity index (χ2n) is 4.91. The van der Waals surface area contributed by atoms with Crippen molar-refractivity contribution < 1.29 is 18.3 Å². The van der Waals surface area contributed by atoms with Gasteiger partial charge in [0.2, 0.25) is 10.0 Å². The van der Waals surface area contributed by atoms with Crippen LogP contribution in [0, 0.1) is 0 Å². The first kappa shape index (κ1) is 13.7. The van der Waals surface area contributed by atoms with E-state index in [0.29, 0.717) is 18.5 Å². The molecule has 0 bridgehead atoms. The van der Waals surface area contributed by atoms with Gasteiger partial charge in [0.1, 0.15) is 10.4 Å². The minimum atomic E-state index is -3.77. The number of carbonyl (C=O) groups is 1. The number of benzene rings is 1. The van der Waals surface area contributed by atoms with Gasteiger partial charge in [-0.15, -0.1) is 5.10 Å². The Labute approximate surface area is 120 Å². The SMILES string of the molecule is NS(=O)(=O)C1(c2cn(-c3ccccc3C(=O)O)nn2)CC1. The highest BCUT2D eigenvalue weighted by Gasteiger charge is 2.56. The maximum atomic E-state index is 11.6. The Balaban J connectivity index is 2.07. The van der Waals surface area contributed by atoms with Gasteiger partial charge in [-0.1, -0.05) is 17.3 Å². The summed E-state index contributed by atoms with van der Waals surface area (Å²) < 4.78 is 23.4. The molecule has 1 aromatic heterocycles. The quantitative estimate of drug-likeness (QED) is 0.832. The summed E-state index contributed by atoms with van der Waals surface area (Å²) in [6.07, 6.45) is 2.20. The van der Waals surface area contributed by atoms with Crippen LogP contribution in [-0.4, -0.2) is 34.5 Å². The van der Waals surface area contributed by atoms with Crippen LogP contribution in [0.2, 0.25) is 0 Å². The lowest BCUT2D eigenvalue weighted by Crippen LogP contribution is -2.28. The number of rotatable bonds is 4.